The van der Waals surface area contributed by atoms with E-state index in [1.54, 1.807) is 0 Å². The molecule has 0 bridgehead atoms. The van der Waals surface area contributed by atoms with Gasteiger partial charge in [-0.25, -0.2) is 0 Å². The number of pyridine rings is 1. The van der Waals surface area contributed by atoms with Crippen molar-refractivity contribution in [3.05, 3.63) is 30.2 Å². The van der Waals surface area contributed by atoms with E-state index in [0.29, 0.717) is 13.0 Å². The maximum atomic E-state index is 11.9. The van der Waals surface area contributed by atoms with Crippen LogP contribution in [0, 0.1) is 5.41 Å². The van der Waals surface area contributed by atoms with Gasteiger partial charge in [0.15, 0.2) is 5.65 Å². The van der Waals surface area contributed by atoms with Crippen LogP contribution in [0.5, 0.6) is 0 Å². The molecule has 0 saturated heterocycles. The van der Waals surface area contributed by atoms with Crippen LogP contribution >= 0.6 is 0 Å². The smallest absolute Gasteiger partial charge is 0.225 e. The molecule has 0 aliphatic carbocycles. The van der Waals surface area contributed by atoms with Gasteiger partial charge in [0.25, 0.3) is 0 Å². The first-order chi connectivity index (χ1) is 9.04. The number of amides is 1. The van der Waals surface area contributed by atoms with E-state index in [-0.39, 0.29) is 11.3 Å². The Bertz CT molecular complexity index is 574. The molecule has 19 heavy (non-hydrogen) atoms. The van der Waals surface area contributed by atoms with E-state index < -0.39 is 0 Å². The highest BCUT2D eigenvalue weighted by Crippen LogP contribution is 2.19. The number of carbonyl (C=O) groups is 1. The number of hydrogen-bond acceptors (Lipinski definition) is 3. The van der Waals surface area contributed by atoms with Gasteiger partial charge in [-0.1, -0.05) is 26.8 Å². The fraction of sp³-hybridized carbons (Fsp3) is 0.500. The molecule has 0 fully saturated rings. The molecular weight excluding hydrogens is 240 g/mol. The fourth-order valence-corrected chi connectivity index (χ4v) is 1.75. The number of carbonyl (C=O) groups excluding carboxylic acids is 1. The minimum Gasteiger partial charge on any atom is -0.355 e. The molecule has 5 nitrogen and oxygen atoms in total. The second-order valence-electron chi connectivity index (χ2n) is 5.29. The van der Waals surface area contributed by atoms with Crippen LogP contribution in [0.1, 0.15) is 33.0 Å². The van der Waals surface area contributed by atoms with Gasteiger partial charge in [-0.3, -0.25) is 9.20 Å². The van der Waals surface area contributed by atoms with Crippen molar-refractivity contribution in [2.24, 2.45) is 5.41 Å². The molecule has 2 aromatic heterocycles. The van der Waals surface area contributed by atoms with Crippen LogP contribution in [-0.4, -0.2) is 27.0 Å². The van der Waals surface area contributed by atoms with E-state index in [9.17, 15) is 4.79 Å². The van der Waals surface area contributed by atoms with Gasteiger partial charge in [0, 0.05) is 24.6 Å². The lowest BCUT2D eigenvalue weighted by Gasteiger charge is -2.21. The maximum Gasteiger partial charge on any atom is 0.225 e. The zero-order valence-corrected chi connectivity index (χ0v) is 11.7. The van der Waals surface area contributed by atoms with Crippen LogP contribution in [0.3, 0.4) is 0 Å². The average molecular weight is 260 g/mol. The maximum absolute atomic E-state index is 11.9. The van der Waals surface area contributed by atoms with E-state index in [4.69, 9.17) is 0 Å². The van der Waals surface area contributed by atoms with Gasteiger partial charge >= 0.3 is 0 Å². The molecule has 0 spiro atoms. The summed E-state index contributed by atoms with van der Waals surface area (Å²) in [6, 6.07) is 5.78. The van der Waals surface area contributed by atoms with Gasteiger partial charge in [-0.05, 0) is 18.6 Å². The quantitative estimate of drug-likeness (QED) is 0.892. The van der Waals surface area contributed by atoms with E-state index >= 15 is 0 Å². The first kappa shape index (κ1) is 13.5. The second-order valence-corrected chi connectivity index (χ2v) is 5.29. The van der Waals surface area contributed by atoms with Crippen molar-refractivity contribution >= 4 is 11.6 Å². The summed E-state index contributed by atoms with van der Waals surface area (Å²) in [5, 5.41) is 11.2. The molecule has 0 atom stereocenters. The summed E-state index contributed by atoms with van der Waals surface area (Å²) in [5.74, 6) is 0.953. The molecule has 2 aromatic rings. The molecule has 2 rings (SSSR count). The minimum absolute atomic E-state index is 0.0869. The van der Waals surface area contributed by atoms with Gasteiger partial charge in [-0.2, -0.15) is 0 Å². The van der Waals surface area contributed by atoms with Gasteiger partial charge in [-0.15, -0.1) is 10.2 Å². The lowest BCUT2D eigenvalue weighted by Crippen LogP contribution is -2.37. The molecule has 1 N–H and O–H groups in total. The van der Waals surface area contributed by atoms with Crippen molar-refractivity contribution in [3.63, 3.8) is 0 Å². The summed E-state index contributed by atoms with van der Waals surface area (Å²) < 4.78 is 1.94. The number of rotatable bonds is 5. The highest BCUT2D eigenvalue weighted by atomic mass is 16.2. The van der Waals surface area contributed by atoms with Crippen LogP contribution in [0.4, 0.5) is 0 Å². The minimum atomic E-state index is -0.313. The topological polar surface area (TPSA) is 59.3 Å². The Balaban J connectivity index is 1.95. The number of hydrogen-bond donors (Lipinski definition) is 1. The monoisotopic (exact) mass is 260 g/mol. The molecule has 0 aromatic carbocycles. The highest BCUT2D eigenvalue weighted by molar-refractivity contribution is 5.81. The van der Waals surface area contributed by atoms with Crippen LogP contribution in [0.2, 0.25) is 0 Å². The van der Waals surface area contributed by atoms with Crippen LogP contribution in [0.25, 0.3) is 5.65 Å². The zero-order chi connectivity index (χ0) is 13.9. The Morgan fingerprint density at radius 1 is 1.37 bits per heavy atom. The predicted molar refractivity (Wildman–Crippen MR) is 73.8 cm³/mol. The van der Waals surface area contributed by atoms with Crippen molar-refractivity contribution < 1.29 is 4.79 Å². The van der Waals surface area contributed by atoms with Crippen molar-refractivity contribution in [2.45, 2.75) is 33.6 Å². The highest BCUT2D eigenvalue weighted by Gasteiger charge is 2.24. The standard InChI is InChI=1S/C14H20N4O/c1-4-14(2,3)13(19)15-9-8-12-17-16-11-7-5-6-10-18(11)12/h5-7,10H,4,8-9H2,1-3H3,(H,15,19). The van der Waals surface area contributed by atoms with Crippen molar-refractivity contribution in [1.82, 2.24) is 19.9 Å². The van der Waals surface area contributed by atoms with E-state index in [0.717, 1.165) is 17.9 Å². The summed E-state index contributed by atoms with van der Waals surface area (Å²) in [4.78, 5) is 11.9. The summed E-state index contributed by atoms with van der Waals surface area (Å²) in [6.45, 7) is 6.51. The number of nitrogens with zero attached hydrogens (tertiary/aromatic N) is 3. The van der Waals surface area contributed by atoms with Crippen LogP contribution in [-0.2, 0) is 11.2 Å². The Hall–Kier alpha value is -1.91. The molecular formula is C14H20N4O. The second kappa shape index (κ2) is 5.38. The summed E-state index contributed by atoms with van der Waals surface area (Å²) in [6.07, 6.45) is 3.44. The fourth-order valence-electron chi connectivity index (χ4n) is 1.75. The van der Waals surface area contributed by atoms with Gasteiger partial charge in [0.1, 0.15) is 5.82 Å². The molecule has 0 radical (unpaired) electrons. The molecule has 0 unspecified atom stereocenters. The normalized spacial score (nSPS) is 11.7. The van der Waals surface area contributed by atoms with Crippen molar-refractivity contribution in [3.8, 4) is 0 Å². The first-order valence-corrected chi connectivity index (χ1v) is 6.61. The summed E-state index contributed by atoms with van der Waals surface area (Å²) in [5.41, 5.74) is 0.519. The lowest BCUT2D eigenvalue weighted by atomic mass is 9.89. The molecule has 0 aliphatic heterocycles. The molecule has 1 amide bonds. The van der Waals surface area contributed by atoms with Gasteiger partial charge in [0.2, 0.25) is 5.91 Å². The Morgan fingerprint density at radius 3 is 2.89 bits per heavy atom. The lowest BCUT2D eigenvalue weighted by molar-refractivity contribution is -0.129. The van der Waals surface area contributed by atoms with E-state index in [2.05, 4.69) is 15.5 Å². The van der Waals surface area contributed by atoms with Crippen molar-refractivity contribution in [2.75, 3.05) is 6.54 Å². The largest absolute Gasteiger partial charge is 0.355 e. The van der Waals surface area contributed by atoms with E-state index in [1.807, 2.05) is 49.6 Å². The van der Waals surface area contributed by atoms with Crippen LogP contribution in [0.15, 0.2) is 24.4 Å². The van der Waals surface area contributed by atoms with Crippen molar-refractivity contribution in [1.29, 1.82) is 0 Å². The number of fused-ring (bicyclic) bond motifs is 1. The van der Waals surface area contributed by atoms with Gasteiger partial charge < -0.3 is 5.32 Å². The predicted octanol–water partition coefficient (Wildman–Crippen LogP) is 1.82. The molecule has 5 heteroatoms. The molecule has 0 saturated carbocycles. The first-order valence-electron chi connectivity index (χ1n) is 6.61. The third kappa shape index (κ3) is 2.92. The average Bonchev–Trinajstić information content (AvgIpc) is 2.82. The molecule has 2 heterocycles. The molecule has 0 aliphatic rings. The van der Waals surface area contributed by atoms with E-state index in [1.165, 1.54) is 0 Å². The number of nitrogens with one attached hydrogen (secondary N) is 1. The Kier molecular flexibility index (Phi) is 3.83. The summed E-state index contributed by atoms with van der Waals surface area (Å²) in [7, 11) is 0. The number of aromatic nitrogens is 3. The Morgan fingerprint density at radius 2 is 2.16 bits per heavy atom. The molecule has 102 valence electrons. The van der Waals surface area contributed by atoms with Gasteiger partial charge in [0.05, 0.1) is 0 Å². The summed E-state index contributed by atoms with van der Waals surface area (Å²) >= 11 is 0. The third-order valence-electron chi connectivity index (χ3n) is 3.52. The zero-order valence-electron chi connectivity index (χ0n) is 11.7. The Labute approximate surface area is 113 Å². The SMILES string of the molecule is CCC(C)(C)C(=O)NCCc1nnc2ccccn12. The van der Waals surface area contributed by atoms with Crippen LogP contribution < -0.4 is 5.32 Å². The third-order valence-corrected chi connectivity index (χ3v) is 3.52.